The first-order chi connectivity index (χ1) is 8.80. The van der Waals surface area contributed by atoms with Gasteiger partial charge in [-0.3, -0.25) is 10.1 Å². The number of rotatable bonds is 2. The topological polar surface area (TPSA) is 38.3 Å². The van der Waals surface area contributed by atoms with Gasteiger partial charge in [0, 0.05) is 6.04 Å². The predicted molar refractivity (Wildman–Crippen MR) is 75.8 cm³/mol. The van der Waals surface area contributed by atoms with E-state index in [1.165, 1.54) is 5.56 Å². The molecule has 1 fully saturated rings. The van der Waals surface area contributed by atoms with Crippen LogP contribution in [-0.4, -0.2) is 17.1 Å². The van der Waals surface area contributed by atoms with Crippen molar-refractivity contribution in [3.63, 3.8) is 0 Å². The molecule has 1 aromatic carbocycles. The Hall–Kier alpha value is -1.35. The highest BCUT2D eigenvalue weighted by Crippen LogP contribution is 2.34. The van der Waals surface area contributed by atoms with E-state index in [0.29, 0.717) is 0 Å². The van der Waals surface area contributed by atoms with E-state index in [2.05, 4.69) is 17.4 Å². The van der Waals surface area contributed by atoms with Crippen LogP contribution in [-0.2, 0) is 9.53 Å². The lowest BCUT2D eigenvalue weighted by molar-refractivity contribution is -0.162. The van der Waals surface area contributed by atoms with Gasteiger partial charge in [-0.1, -0.05) is 30.3 Å². The molecule has 0 bridgehead atoms. The quantitative estimate of drug-likeness (QED) is 0.831. The van der Waals surface area contributed by atoms with Crippen molar-refractivity contribution in [2.45, 2.75) is 57.7 Å². The van der Waals surface area contributed by atoms with E-state index in [1.807, 2.05) is 45.9 Å². The van der Waals surface area contributed by atoms with Crippen LogP contribution in [0.15, 0.2) is 30.3 Å². The van der Waals surface area contributed by atoms with Crippen LogP contribution in [0.5, 0.6) is 0 Å². The minimum Gasteiger partial charge on any atom is -0.459 e. The van der Waals surface area contributed by atoms with Crippen LogP contribution >= 0.6 is 0 Å². The summed E-state index contributed by atoms with van der Waals surface area (Å²) >= 11 is 0. The number of esters is 1. The molecule has 0 spiro atoms. The fraction of sp³-hybridized carbons (Fsp3) is 0.562. The molecule has 1 heterocycles. The molecule has 1 aliphatic rings. The molecule has 1 aromatic rings. The maximum Gasteiger partial charge on any atom is 0.326 e. The largest absolute Gasteiger partial charge is 0.459 e. The van der Waals surface area contributed by atoms with Crippen molar-refractivity contribution in [3.8, 4) is 0 Å². The number of hydrogen-bond acceptors (Lipinski definition) is 3. The van der Waals surface area contributed by atoms with Gasteiger partial charge in [0.1, 0.15) is 11.1 Å². The maximum absolute atomic E-state index is 12.3. The molecule has 104 valence electrons. The summed E-state index contributed by atoms with van der Waals surface area (Å²) in [5.74, 6) is -0.154. The fourth-order valence-corrected chi connectivity index (χ4v) is 2.45. The van der Waals surface area contributed by atoms with Crippen LogP contribution in [0.4, 0.5) is 0 Å². The molecule has 1 aliphatic heterocycles. The molecular weight excluding hydrogens is 238 g/mol. The van der Waals surface area contributed by atoms with Gasteiger partial charge in [-0.15, -0.1) is 0 Å². The first-order valence-electron chi connectivity index (χ1n) is 6.86. The van der Waals surface area contributed by atoms with E-state index in [0.717, 1.165) is 12.8 Å². The second kappa shape index (κ2) is 4.97. The van der Waals surface area contributed by atoms with E-state index in [9.17, 15) is 4.79 Å². The van der Waals surface area contributed by atoms with E-state index < -0.39 is 11.1 Å². The Morgan fingerprint density at radius 3 is 2.53 bits per heavy atom. The highest BCUT2D eigenvalue weighted by Gasteiger charge is 2.43. The van der Waals surface area contributed by atoms with Crippen molar-refractivity contribution in [3.05, 3.63) is 35.9 Å². The zero-order valence-electron chi connectivity index (χ0n) is 12.2. The molecular formula is C16H23NO2. The Bertz CT molecular complexity index is 450. The smallest absolute Gasteiger partial charge is 0.326 e. The number of carbonyl (C=O) groups excluding carboxylic acids is 1. The van der Waals surface area contributed by atoms with Crippen LogP contribution in [0.25, 0.3) is 0 Å². The zero-order valence-corrected chi connectivity index (χ0v) is 12.2. The Morgan fingerprint density at radius 1 is 1.32 bits per heavy atom. The van der Waals surface area contributed by atoms with Gasteiger partial charge in [0.25, 0.3) is 0 Å². The van der Waals surface area contributed by atoms with Crippen molar-refractivity contribution in [2.75, 3.05) is 0 Å². The summed E-state index contributed by atoms with van der Waals surface area (Å²) in [7, 11) is 0. The minimum absolute atomic E-state index is 0.154. The van der Waals surface area contributed by atoms with Gasteiger partial charge in [-0.2, -0.15) is 0 Å². The average Bonchev–Trinajstić information content (AvgIpc) is 2.72. The third-order valence-electron chi connectivity index (χ3n) is 3.48. The number of carbonyl (C=O) groups is 1. The highest BCUT2D eigenvalue weighted by atomic mass is 16.6. The number of benzene rings is 1. The van der Waals surface area contributed by atoms with Crippen LogP contribution < -0.4 is 5.32 Å². The third-order valence-corrected chi connectivity index (χ3v) is 3.48. The lowest BCUT2D eigenvalue weighted by Crippen LogP contribution is -2.48. The summed E-state index contributed by atoms with van der Waals surface area (Å²) < 4.78 is 5.51. The molecule has 2 atom stereocenters. The van der Waals surface area contributed by atoms with Gasteiger partial charge in [0.2, 0.25) is 0 Å². The van der Waals surface area contributed by atoms with Gasteiger partial charge in [-0.05, 0) is 46.1 Å². The lowest BCUT2D eigenvalue weighted by atomic mass is 9.99. The molecule has 1 saturated heterocycles. The van der Waals surface area contributed by atoms with Crippen molar-refractivity contribution in [2.24, 2.45) is 0 Å². The Morgan fingerprint density at radius 2 is 1.95 bits per heavy atom. The van der Waals surface area contributed by atoms with Gasteiger partial charge < -0.3 is 4.74 Å². The van der Waals surface area contributed by atoms with Gasteiger partial charge >= 0.3 is 5.97 Å². The molecule has 0 aromatic heterocycles. The van der Waals surface area contributed by atoms with Gasteiger partial charge in [-0.25, -0.2) is 0 Å². The summed E-state index contributed by atoms with van der Waals surface area (Å²) in [5.41, 5.74) is 0.218. The molecule has 0 radical (unpaired) electrons. The molecule has 3 heteroatoms. The second-order valence-corrected chi connectivity index (χ2v) is 6.48. The minimum atomic E-state index is -0.576. The molecule has 2 rings (SSSR count). The van der Waals surface area contributed by atoms with E-state index in [-0.39, 0.29) is 12.0 Å². The molecule has 19 heavy (non-hydrogen) atoms. The number of ether oxygens (including phenoxy) is 1. The van der Waals surface area contributed by atoms with E-state index in [1.54, 1.807) is 0 Å². The second-order valence-electron chi connectivity index (χ2n) is 6.48. The van der Waals surface area contributed by atoms with Crippen molar-refractivity contribution in [1.82, 2.24) is 5.32 Å². The number of hydrogen-bond donors (Lipinski definition) is 1. The van der Waals surface area contributed by atoms with E-state index in [4.69, 9.17) is 4.74 Å². The van der Waals surface area contributed by atoms with Crippen LogP contribution in [0.3, 0.4) is 0 Å². The first kappa shape index (κ1) is 14.1. The normalized spacial score (nSPS) is 27.3. The standard InChI is InChI=1S/C16H23NO2/c1-15(2,3)19-14(18)16(4)11-10-13(17-16)12-8-6-5-7-9-12/h5-9,13,17H,10-11H2,1-4H3. The zero-order chi connectivity index (χ0) is 14.1. The monoisotopic (exact) mass is 261 g/mol. The SMILES string of the molecule is CC(C)(C)OC(=O)C1(C)CCC(c2ccccc2)N1. The van der Waals surface area contributed by atoms with E-state index >= 15 is 0 Å². The Kier molecular flexibility index (Phi) is 3.68. The van der Waals surface area contributed by atoms with Crippen LogP contribution in [0, 0.1) is 0 Å². The maximum atomic E-state index is 12.3. The fourth-order valence-electron chi connectivity index (χ4n) is 2.45. The summed E-state index contributed by atoms with van der Waals surface area (Å²) in [6.07, 6.45) is 1.77. The van der Waals surface area contributed by atoms with Crippen molar-refractivity contribution in [1.29, 1.82) is 0 Å². The first-order valence-corrected chi connectivity index (χ1v) is 6.86. The Labute approximate surface area is 115 Å². The summed E-state index contributed by atoms with van der Waals surface area (Å²) in [5, 5.41) is 3.43. The van der Waals surface area contributed by atoms with Crippen molar-refractivity contribution < 1.29 is 9.53 Å². The summed E-state index contributed by atoms with van der Waals surface area (Å²) in [4.78, 5) is 12.3. The van der Waals surface area contributed by atoms with Crippen LogP contribution in [0.2, 0.25) is 0 Å². The molecule has 0 aliphatic carbocycles. The van der Waals surface area contributed by atoms with Crippen LogP contribution in [0.1, 0.15) is 52.1 Å². The van der Waals surface area contributed by atoms with Gasteiger partial charge in [0.05, 0.1) is 0 Å². The molecule has 3 nitrogen and oxygen atoms in total. The van der Waals surface area contributed by atoms with Crippen molar-refractivity contribution >= 4 is 5.97 Å². The number of nitrogens with one attached hydrogen (secondary N) is 1. The molecule has 0 saturated carbocycles. The third kappa shape index (κ3) is 3.35. The average molecular weight is 261 g/mol. The highest BCUT2D eigenvalue weighted by molar-refractivity contribution is 5.81. The Balaban J connectivity index is 2.06. The summed E-state index contributed by atoms with van der Waals surface area (Å²) in [6.45, 7) is 7.64. The summed E-state index contributed by atoms with van der Waals surface area (Å²) in [6, 6.07) is 10.5. The molecule has 0 amide bonds. The lowest BCUT2D eigenvalue weighted by Gasteiger charge is -2.29. The van der Waals surface area contributed by atoms with Gasteiger partial charge in [0.15, 0.2) is 0 Å². The predicted octanol–water partition coefficient (Wildman–Crippen LogP) is 3.21. The molecule has 2 unspecified atom stereocenters. The molecule has 1 N–H and O–H groups in total.